The first-order valence-electron chi connectivity index (χ1n) is 8.15. The number of hydrogen-bond acceptors (Lipinski definition) is 8. The maximum Gasteiger partial charge on any atom is 0.245 e. The van der Waals surface area contributed by atoms with Gasteiger partial charge in [0.2, 0.25) is 5.88 Å². The summed E-state index contributed by atoms with van der Waals surface area (Å²) in [4.78, 5) is 12.6. The third-order valence-corrected chi connectivity index (χ3v) is 4.33. The van der Waals surface area contributed by atoms with Crippen LogP contribution in [0.2, 0.25) is 0 Å². The molecule has 9 heteroatoms. The number of nitrogens with zero attached hydrogens (tertiary/aromatic N) is 4. The SMILES string of the molecule is OC[C@H]1O[C@@H](n2cnc3c(OCc4ccccc4)ncnc32)C(O)C1O. The van der Waals surface area contributed by atoms with Gasteiger partial charge >= 0.3 is 0 Å². The van der Waals surface area contributed by atoms with Crippen molar-refractivity contribution in [2.24, 2.45) is 0 Å². The molecule has 1 aliphatic heterocycles. The summed E-state index contributed by atoms with van der Waals surface area (Å²) in [5, 5.41) is 29.4. The van der Waals surface area contributed by atoms with E-state index in [0.717, 1.165) is 5.56 Å². The van der Waals surface area contributed by atoms with E-state index in [0.29, 0.717) is 23.7 Å². The Morgan fingerprint density at radius 2 is 1.88 bits per heavy atom. The van der Waals surface area contributed by atoms with E-state index in [2.05, 4.69) is 15.0 Å². The van der Waals surface area contributed by atoms with E-state index >= 15 is 0 Å². The number of aliphatic hydroxyl groups is 3. The van der Waals surface area contributed by atoms with Crippen LogP contribution < -0.4 is 4.74 Å². The van der Waals surface area contributed by atoms with Gasteiger partial charge in [0, 0.05) is 0 Å². The van der Waals surface area contributed by atoms with Crippen molar-refractivity contribution in [1.29, 1.82) is 0 Å². The molecule has 136 valence electrons. The van der Waals surface area contributed by atoms with Gasteiger partial charge in [-0.3, -0.25) is 4.57 Å². The standard InChI is InChI=1S/C17H18N4O5/c22-6-11-13(23)14(24)17(26-11)21-9-20-12-15(21)18-8-19-16(12)25-7-10-4-2-1-3-5-10/h1-5,8-9,11,13-14,17,22-24H,6-7H2/t11-,13?,14?,17-/m1/s1. The Hall–Kier alpha value is -2.59. The molecule has 0 aliphatic carbocycles. The van der Waals surface area contributed by atoms with Crippen molar-refractivity contribution in [1.82, 2.24) is 19.5 Å². The first-order chi connectivity index (χ1) is 12.7. The summed E-state index contributed by atoms with van der Waals surface area (Å²) < 4.78 is 12.8. The fourth-order valence-corrected chi connectivity index (χ4v) is 2.96. The molecule has 2 aromatic heterocycles. The maximum absolute atomic E-state index is 10.2. The summed E-state index contributed by atoms with van der Waals surface area (Å²) in [6, 6.07) is 9.65. The predicted molar refractivity (Wildman–Crippen MR) is 89.1 cm³/mol. The second-order valence-electron chi connectivity index (χ2n) is 6.01. The highest BCUT2D eigenvalue weighted by atomic mass is 16.6. The first kappa shape index (κ1) is 16.9. The van der Waals surface area contributed by atoms with Crippen molar-refractivity contribution >= 4 is 11.2 Å². The fraction of sp³-hybridized carbons (Fsp3) is 0.353. The Morgan fingerprint density at radius 3 is 2.62 bits per heavy atom. The average Bonchev–Trinajstić information content (AvgIpc) is 3.23. The zero-order valence-electron chi connectivity index (χ0n) is 13.7. The van der Waals surface area contributed by atoms with Crippen LogP contribution in [0.25, 0.3) is 11.2 Å². The molecule has 3 aromatic rings. The van der Waals surface area contributed by atoms with Crippen LogP contribution >= 0.6 is 0 Å². The lowest BCUT2D eigenvalue weighted by atomic mass is 10.1. The zero-order chi connectivity index (χ0) is 18.1. The number of rotatable bonds is 5. The van der Waals surface area contributed by atoms with E-state index in [1.54, 1.807) is 0 Å². The van der Waals surface area contributed by atoms with Crippen molar-refractivity contribution in [2.45, 2.75) is 31.1 Å². The van der Waals surface area contributed by atoms with E-state index in [9.17, 15) is 15.3 Å². The molecule has 0 radical (unpaired) electrons. The second kappa shape index (κ2) is 6.96. The minimum Gasteiger partial charge on any atom is -0.471 e. The topological polar surface area (TPSA) is 123 Å². The molecule has 0 saturated carbocycles. The Labute approximate surface area is 148 Å². The molecule has 4 rings (SSSR count). The van der Waals surface area contributed by atoms with Crippen LogP contribution in [0.15, 0.2) is 43.0 Å². The third-order valence-electron chi connectivity index (χ3n) is 4.33. The van der Waals surface area contributed by atoms with Gasteiger partial charge in [-0.1, -0.05) is 30.3 Å². The van der Waals surface area contributed by atoms with Crippen LogP contribution in [0.3, 0.4) is 0 Å². The second-order valence-corrected chi connectivity index (χ2v) is 6.01. The Morgan fingerprint density at radius 1 is 1.08 bits per heavy atom. The number of ether oxygens (including phenoxy) is 2. The van der Waals surface area contributed by atoms with Gasteiger partial charge in [-0.2, -0.15) is 4.98 Å². The highest BCUT2D eigenvalue weighted by molar-refractivity contribution is 5.76. The molecule has 0 spiro atoms. The Balaban J connectivity index is 1.61. The fourth-order valence-electron chi connectivity index (χ4n) is 2.96. The van der Waals surface area contributed by atoms with Gasteiger partial charge in [-0.25, -0.2) is 9.97 Å². The highest BCUT2D eigenvalue weighted by Gasteiger charge is 2.44. The summed E-state index contributed by atoms with van der Waals surface area (Å²) in [7, 11) is 0. The number of aromatic nitrogens is 4. The highest BCUT2D eigenvalue weighted by Crippen LogP contribution is 2.32. The molecule has 3 heterocycles. The normalized spacial score (nSPS) is 25.7. The molecular formula is C17H18N4O5. The zero-order valence-corrected chi connectivity index (χ0v) is 13.7. The van der Waals surface area contributed by atoms with Crippen molar-refractivity contribution < 1.29 is 24.8 Å². The Bertz CT molecular complexity index is 887. The van der Waals surface area contributed by atoms with Crippen LogP contribution in [0, 0.1) is 0 Å². The lowest BCUT2D eigenvalue weighted by Gasteiger charge is -2.16. The summed E-state index contributed by atoms with van der Waals surface area (Å²) in [6.07, 6.45) is -1.42. The van der Waals surface area contributed by atoms with Crippen LogP contribution in [0.1, 0.15) is 11.8 Å². The van der Waals surface area contributed by atoms with E-state index in [1.165, 1.54) is 17.2 Å². The molecule has 1 aromatic carbocycles. The predicted octanol–water partition coefficient (Wildman–Crippen LogP) is 0.0168. The molecule has 1 saturated heterocycles. The third kappa shape index (κ3) is 2.90. The largest absolute Gasteiger partial charge is 0.471 e. The van der Waals surface area contributed by atoms with Crippen molar-refractivity contribution in [3.8, 4) is 5.88 Å². The lowest BCUT2D eigenvalue weighted by Crippen LogP contribution is -2.33. The van der Waals surface area contributed by atoms with Gasteiger partial charge in [0.05, 0.1) is 12.9 Å². The number of imidazole rings is 1. The van der Waals surface area contributed by atoms with Crippen LogP contribution in [-0.2, 0) is 11.3 Å². The minimum atomic E-state index is -1.21. The summed E-state index contributed by atoms with van der Waals surface area (Å²) >= 11 is 0. The molecule has 1 fully saturated rings. The molecule has 2 unspecified atom stereocenters. The van der Waals surface area contributed by atoms with E-state index in [-0.39, 0.29) is 0 Å². The molecule has 0 bridgehead atoms. The van der Waals surface area contributed by atoms with Gasteiger partial charge in [0.15, 0.2) is 17.4 Å². The van der Waals surface area contributed by atoms with Crippen LogP contribution in [0.4, 0.5) is 0 Å². The number of fused-ring (bicyclic) bond motifs is 1. The number of aliphatic hydroxyl groups excluding tert-OH is 3. The minimum absolute atomic E-state index is 0.310. The van der Waals surface area contributed by atoms with Crippen molar-refractivity contribution in [2.75, 3.05) is 6.61 Å². The van der Waals surface area contributed by atoms with E-state index in [1.807, 2.05) is 30.3 Å². The molecule has 3 N–H and O–H groups in total. The lowest BCUT2D eigenvalue weighted by molar-refractivity contribution is -0.0511. The van der Waals surface area contributed by atoms with Crippen molar-refractivity contribution in [3.05, 3.63) is 48.5 Å². The number of hydrogen-bond donors (Lipinski definition) is 3. The van der Waals surface area contributed by atoms with Gasteiger partial charge in [-0.05, 0) is 5.56 Å². The van der Waals surface area contributed by atoms with Gasteiger partial charge < -0.3 is 24.8 Å². The van der Waals surface area contributed by atoms with Crippen LogP contribution in [0.5, 0.6) is 5.88 Å². The van der Waals surface area contributed by atoms with Crippen molar-refractivity contribution in [3.63, 3.8) is 0 Å². The average molecular weight is 358 g/mol. The van der Waals surface area contributed by atoms with Gasteiger partial charge in [0.25, 0.3) is 0 Å². The van der Waals surface area contributed by atoms with Crippen LogP contribution in [-0.4, -0.2) is 59.8 Å². The van der Waals surface area contributed by atoms with Gasteiger partial charge in [0.1, 0.15) is 31.2 Å². The number of benzene rings is 1. The molecule has 0 amide bonds. The van der Waals surface area contributed by atoms with E-state index < -0.39 is 31.1 Å². The molecule has 26 heavy (non-hydrogen) atoms. The smallest absolute Gasteiger partial charge is 0.245 e. The maximum atomic E-state index is 10.2. The molecular weight excluding hydrogens is 340 g/mol. The Kier molecular flexibility index (Phi) is 4.51. The molecule has 1 aliphatic rings. The monoisotopic (exact) mass is 358 g/mol. The summed E-state index contributed by atoms with van der Waals surface area (Å²) in [6.45, 7) is -0.0740. The quantitative estimate of drug-likeness (QED) is 0.583. The van der Waals surface area contributed by atoms with Gasteiger partial charge in [-0.15, -0.1) is 0 Å². The van der Waals surface area contributed by atoms with E-state index in [4.69, 9.17) is 9.47 Å². The summed E-state index contributed by atoms with van der Waals surface area (Å²) in [5.41, 5.74) is 1.81. The summed E-state index contributed by atoms with van der Waals surface area (Å²) in [5.74, 6) is 0.310. The molecule has 9 nitrogen and oxygen atoms in total. The first-order valence-corrected chi connectivity index (χ1v) is 8.15. The molecule has 4 atom stereocenters.